The first-order chi connectivity index (χ1) is 10.3. The Morgan fingerprint density at radius 2 is 1.57 bits per heavy atom. The molecule has 0 aliphatic heterocycles. The number of nitrogens with one attached hydrogen (secondary N) is 1. The molecule has 1 atom stereocenters. The van der Waals surface area contributed by atoms with E-state index in [0.29, 0.717) is 6.04 Å². The van der Waals surface area contributed by atoms with Crippen LogP contribution in [0.25, 0.3) is 0 Å². The smallest absolute Gasteiger partial charge is 0.118 e. The minimum atomic E-state index is 0.297. The summed E-state index contributed by atoms with van der Waals surface area (Å²) in [6.07, 6.45) is 7.25. The molecule has 1 unspecified atom stereocenters. The van der Waals surface area contributed by atoms with Gasteiger partial charge in [0.15, 0.2) is 0 Å². The molecule has 4 aliphatic rings. The van der Waals surface area contributed by atoms with Crippen LogP contribution in [0.4, 0.5) is 0 Å². The Morgan fingerprint density at radius 3 is 2.05 bits per heavy atom. The standard InChI is InChI=1S/C18H26N2O/c1-21-16-4-2-13(3-5-16)18(20-19)17-14-7-11-6-12(9-14)10-15(17)8-11/h2-5,11-12,14-15,17-18,20H,6-10,19H2,1H3. The number of methoxy groups -OCH3 is 1. The summed E-state index contributed by atoms with van der Waals surface area (Å²) < 4.78 is 5.27. The Balaban J connectivity index is 1.60. The quantitative estimate of drug-likeness (QED) is 0.659. The molecule has 1 aromatic carbocycles. The zero-order valence-electron chi connectivity index (χ0n) is 12.8. The first-order valence-corrected chi connectivity index (χ1v) is 8.38. The van der Waals surface area contributed by atoms with Crippen molar-refractivity contribution in [2.45, 2.75) is 38.1 Å². The lowest BCUT2D eigenvalue weighted by Crippen LogP contribution is -2.50. The van der Waals surface area contributed by atoms with Crippen molar-refractivity contribution in [2.75, 3.05) is 7.11 Å². The van der Waals surface area contributed by atoms with E-state index in [1.165, 1.54) is 37.7 Å². The maximum absolute atomic E-state index is 5.97. The van der Waals surface area contributed by atoms with Crippen LogP contribution in [0, 0.1) is 29.6 Å². The number of benzene rings is 1. The highest BCUT2D eigenvalue weighted by Crippen LogP contribution is 2.59. The van der Waals surface area contributed by atoms with Crippen molar-refractivity contribution in [1.29, 1.82) is 0 Å². The summed E-state index contributed by atoms with van der Waals surface area (Å²) >= 11 is 0. The zero-order valence-corrected chi connectivity index (χ0v) is 12.8. The topological polar surface area (TPSA) is 47.3 Å². The van der Waals surface area contributed by atoms with E-state index >= 15 is 0 Å². The molecule has 4 bridgehead atoms. The van der Waals surface area contributed by atoms with Crippen molar-refractivity contribution >= 4 is 0 Å². The van der Waals surface area contributed by atoms with Crippen molar-refractivity contribution < 1.29 is 4.74 Å². The van der Waals surface area contributed by atoms with Gasteiger partial charge in [0.1, 0.15) is 5.75 Å². The third-order valence-electron chi connectivity index (χ3n) is 6.34. The fourth-order valence-electron chi connectivity index (χ4n) is 5.75. The van der Waals surface area contributed by atoms with Crippen LogP contribution in [0.1, 0.15) is 43.7 Å². The van der Waals surface area contributed by atoms with Gasteiger partial charge < -0.3 is 4.74 Å². The second-order valence-corrected chi connectivity index (χ2v) is 7.43. The van der Waals surface area contributed by atoms with E-state index < -0.39 is 0 Å². The maximum Gasteiger partial charge on any atom is 0.118 e. The Bertz CT molecular complexity index is 470. The minimum absolute atomic E-state index is 0.297. The van der Waals surface area contributed by atoms with Crippen LogP contribution in [-0.2, 0) is 0 Å². The van der Waals surface area contributed by atoms with E-state index in [1.807, 2.05) is 0 Å². The van der Waals surface area contributed by atoms with Gasteiger partial charge in [-0.3, -0.25) is 11.3 Å². The Labute approximate surface area is 127 Å². The molecular weight excluding hydrogens is 260 g/mol. The van der Waals surface area contributed by atoms with Crippen molar-refractivity contribution in [3.63, 3.8) is 0 Å². The molecule has 0 spiro atoms. The first-order valence-electron chi connectivity index (χ1n) is 8.38. The van der Waals surface area contributed by atoms with E-state index in [0.717, 1.165) is 35.3 Å². The highest BCUT2D eigenvalue weighted by atomic mass is 16.5. The fraction of sp³-hybridized carbons (Fsp3) is 0.667. The first kappa shape index (κ1) is 13.6. The van der Waals surface area contributed by atoms with Crippen LogP contribution in [0.5, 0.6) is 5.75 Å². The third kappa shape index (κ3) is 2.27. The van der Waals surface area contributed by atoms with Gasteiger partial charge >= 0.3 is 0 Å². The van der Waals surface area contributed by atoms with Gasteiger partial charge in [0.25, 0.3) is 0 Å². The number of hydrazine groups is 1. The van der Waals surface area contributed by atoms with E-state index in [-0.39, 0.29) is 0 Å². The highest BCUT2D eigenvalue weighted by Gasteiger charge is 2.50. The van der Waals surface area contributed by atoms with Crippen molar-refractivity contribution in [3.05, 3.63) is 29.8 Å². The SMILES string of the molecule is COc1ccc(C(NN)C2C3CC4CC(C3)CC2C4)cc1. The number of hydrogen-bond acceptors (Lipinski definition) is 3. The Morgan fingerprint density at radius 1 is 1.00 bits per heavy atom. The molecule has 4 aliphatic carbocycles. The maximum atomic E-state index is 5.97. The lowest BCUT2D eigenvalue weighted by atomic mass is 9.50. The fourth-order valence-corrected chi connectivity index (χ4v) is 5.75. The Hall–Kier alpha value is -1.06. The summed E-state index contributed by atoms with van der Waals surface area (Å²) in [5.41, 5.74) is 4.46. The summed E-state index contributed by atoms with van der Waals surface area (Å²) in [5.74, 6) is 11.4. The molecule has 1 aromatic rings. The molecule has 3 N–H and O–H groups in total. The van der Waals surface area contributed by atoms with Crippen molar-refractivity contribution in [2.24, 2.45) is 35.4 Å². The predicted molar refractivity (Wildman–Crippen MR) is 83.6 cm³/mol. The minimum Gasteiger partial charge on any atom is -0.497 e. The highest BCUT2D eigenvalue weighted by molar-refractivity contribution is 5.30. The molecule has 5 rings (SSSR count). The molecule has 0 saturated heterocycles. The molecule has 0 heterocycles. The molecule has 114 valence electrons. The Kier molecular flexibility index (Phi) is 3.43. The molecule has 4 saturated carbocycles. The van der Waals surface area contributed by atoms with Gasteiger partial charge in [-0.25, -0.2) is 0 Å². The van der Waals surface area contributed by atoms with Gasteiger partial charge in [0.2, 0.25) is 0 Å². The number of ether oxygens (including phenoxy) is 1. The molecule has 0 aromatic heterocycles. The summed E-state index contributed by atoms with van der Waals surface area (Å²) in [6.45, 7) is 0. The van der Waals surface area contributed by atoms with Gasteiger partial charge in [-0.2, -0.15) is 0 Å². The lowest BCUT2D eigenvalue weighted by molar-refractivity contribution is -0.0525. The third-order valence-corrected chi connectivity index (χ3v) is 6.34. The molecule has 3 heteroatoms. The molecule has 21 heavy (non-hydrogen) atoms. The summed E-state index contributed by atoms with van der Waals surface area (Å²) in [4.78, 5) is 0. The van der Waals surface area contributed by atoms with E-state index in [9.17, 15) is 0 Å². The van der Waals surface area contributed by atoms with Gasteiger partial charge in [0.05, 0.1) is 7.11 Å². The summed E-state index contributed by atoms with van der Waals surface area (Å²) in [6, 6.07) is 8.75. The monoisotopic (exact) mass is 286 g/mol. The number of hydrogen-bond donors (Lipinski definition) is 2. The summed E-state index contributed by atoms with van der Waals surface area (Å²) in [7, 11) is 1.71. The second kappa shape index (κ2) is 5.29. The average Bonchev–Trinajstić information content (AvgIpc) is 2.50. The van der Waals surface area contributed by atoms with Crippen LogP contribution in [0.3, 0.4) is 0 Å². The largest absolute Gasteiger partial charge is 0.497 e. The molecule has 0 amide bonds. The van der Waals surface area contributed by atoms with Crippen LogP contribution in [-0.4, -0.2) is 7.11 Å². The van der Waals surface area contributed by atoms with Gasteiger partial charge in [0, 0.05) is 6.04 Å². The average molecular weight is 286 g/mol. The lowest BCUT2D eigenvalue weighted by Gasteiger charge is -2.56. The van der Waals surface area contributed by atoms with Crippen molar-refractivity contribution in [1.82, 2.24) is 5.43 Å². The zero-order chi connectivity index (χ0) is 14.4. The molecule has 3 nitrogen and oxygen atoms in total. The van der Waals surface area contributed by atoms with Crippen molar-refractivity contribution in [3.8, 4) is 5.75 Å². The van der Waals surface area contributed by atoms with E-state index in [1.54, 1.807) is 7.11 Å². The normalized spacial score (nSPS) is 38.5. The van der Waals surface area contributed by atoms with Crippen LogP contribution in [0.15, 0.2) is 24.3 Å². The molecule has 0 radical (unpaired) electrons. The number of rotatable bonds is 4. The van der Waals surface area contributed by atoms with E-state index in [4.69, 9.17) is 10.6 Å². The van der Waals surface area contributed by atoms with Gasteiger partial charge in [-0.1, -0.05) is 12.1 Å². The second-order valence-electron chi connectivity index (χ2n) is 7.43. The van der Waals surface area contributed by atoms with E-state index in [2.05, 4.69) is 29.7 Å². The van der Waals surface area contributed by atoms with Crippen LogP contribution in [0.2, 0.25) is 0 Å². The van der Waals surface area contributed by atoms with Crippen LogP contribution < -0.4 is 16.0 Å². The predicted octanol–water partition coefficient (Wildman–Crippen LogP) is 3.27. The number of nitrogens with two attached hydrogens (primary N) is 1. The van der Waals surface area contributed by atoms with Gasteiger partial charge in [-0.15, -0.1) is 0 Å². The van der Waals surface area contributed by atoms with Gasteiger partial charge in [-0.05, 0) is 79.4 Å². The summed E-state index contributed by atoms with van der Waals surface area (Å²) in [5, 5.41) is 0. The molecule has 4 fully saturated rings. The molecular formula is C18H26N2O. The van der Waals surface area contributed by atoms with Crippen LogP contribution >= 0.6 is 0 Å².